The van der Waals surface area contributed by atoms with E-state index in [0.717, 1.165) is 24.3 Å². The van der Waals surface area contributed by atoms with Crippen LogP contribution in [0.2, 0.25) is 0 Å². The van der Waals surface area contributed by atoms with Gasteiger partial charge in [0, 0.05) is 17.8 Å². The molecule has 0 spiro atoms. The largest absolute Gasteiger partial charge is 0.497 e. The number of halogens is 6. The lowest BCUT2D eigenvalue weighted by molar-refractivity contribution is -0.138. The maximum atomic E-state index is 12.3. The van der Waals surface area contributed by atoms with E-state index in [1.807, 2.05) is 0 Å². The van der Waals surface area contributed by atoms with Crippen LogP contribution in [0.3, 0.4) is 0 Å². The van der Waals surface area contributed by atoms with Gasteiger partial charge in [0.25, 0.3) is 0 Å². The van der Waals surface area contributed by atoms with Gasteiger partial charge in [0.1, 0.15) is 11.5 Å². The van der Waals surface area contributed by atoms with Crippen LogP contribution < -0.4 is 26.5 Å². The number of ether oxygens (including phenoxy) is 2. The lowest BCUT2D eigenvalue weighted by Gasteiger charge is -2.10. The van der Waals surface area contributed by atoms with Gasteiger partial charge in [-0.2, -0.15) is 26.3 Å². The molecule has 5 nitrogen and oxygen atoms in total. The van der Waals surface area contributed by atoms with E-state index in [-0.39, 0.29) is 22.9 Å². The van der Waals surface area contributed by atoms with Crippen LogP contribution in [0.15, 0.2) is 36.4 Å². The van der Waals surface area contributed by atoms with Crippen LogP contribution in [0.25, 0.3) is 0 Å². The van der Waals surface area contributed by atoms with Crippen molar-refractivity contribution in [3.8, 4) is 11.5 Å². The molecule has 27 heavy (non-hydrogen) atoms. The highest BCUT2D eigenvalue weighted by atomic mass is 19.4. The van der Waals surface area contributed by atoms with Gasteiger partial charge in [0.05, 0.1) is 31.0 Å². The van der Waals surface area contributed by atoms with Crippen molar-refractivity contribution >= 4 is 11.4 Å². The molecule has 11 heteroatoms. The molecule has 2 aromatic rings. The van der Waals surface area contributed by atoms with E-state index in [0.29, 0.717) is 0 Å². The first-order valence-electron chi connectivity index (χ1n) is 7.15. The molecule has 0 saturated carbocycles. The smallest absolute Gasteiger partial charge is 0.416 e. The van der Waals surface area contributed by atoms with Crippen molar-refractivity contribution in [3.05, 3.63) is 47.5 Å². The van der Waals surface area contributed by atoms with Gasteiger partial charge in [-0.05, 0) is 24.3 Å². The minimum absolute atomic E-state index is 0.0340. The maximum Gasteiger partial charge on any atom is 0.416 e. The number of anilines is 2. The molecule has 0 aromatic heterocycles. The van der Waals surface area contributed by atoms with Crippen molar-refractivity contribution in [1.29, 1.82) is 0 Å². The summed E-state index contributed by atoms with van der Waals surface area (Å²) in [6, 6.07) is 6.27. The Bertz CT molecular complexity index is 741. The van der Waals surface area contributed by atoms with Gasteiger partial charge >= 0.3 is 12.4 Å². The highest BCUT2D eigenvalue weighted by Gasteiger charge is 2.32. The van der Waals surface area contributed by atoms with Crippen LogP contribution in [0.1, 0.15) is 11.1 Å². The quantitative estimate of drug-likeness (QED) is 0.311. The molecule has 0 radical (unpaired) electrons. The van der Waals surface area contributed by atoms with E-state index < -0.39 is 23.5 Å². The summed E-state index contributed by atoms with van der Waals surface area (Å²) in [5.74, 6) is 5.22. The standard InChI is InChI=1S/C8H9F3N2O.C8H8F3NO/c1-14-7-3-5(8(9,10)11)2-6(4-7)13-12;1-13-7-3-5(8(9,10)11)2-6(12)4-7/h2-4,13H,12H2,1H3;2-4H,12H2,1H3. The molecule has 5 N–H and O–H groups in total. The van der Waals surface area contributed by atoms with E-state index in [2.05, 4.69) is 10.2 Å². The molecule has 150 valence electrons. The summed E-state index contributed by atoms with van der Waals surface area (Å²) in [5, 5.41) is 0. The van der Waals surface area contributed by atoms with E-state index in [1.165, 1.54) is 26.4 Å². The van der Waals surface area contributed by atoms with E-state index >= 15 is 0 Å². The Morgan fingerprint density at radius 1 is 0.741 bits per heavy atom. The molecule has 0 unspecified atom stereocenters. The third kappa shape index (κ3) is 6.77. The monoisotopic (exact) mass is 397 g/mol. The zero-order valence-electron chi connectivity index (χ0n) is 14.2. The number of hydrogen-bond donors (Lipinski definition) is 3. The summed E-state index contributed by atoms with van der Waals surface area (Å²) in [6.07, 6.45) is -8.79. The second-order valence-electron chi connectivity index (χ2n) is 5.08. The van der Waals surface area contributed by atoms with Crippen LogP contribution in [0.5, 0.6) is 11.5 Å². The van der Waals surface area contributed by atoms with Crippen LogP contribution in [0.4, 0.5) is 37.7 Å². The van der Waals surface area contributed by atoms with Crippen molar-refractivity contribution in [2.45, 2.75) is 12.4 Å². The Hall–Kier alpha value is -2.82. The predicted molar refractivity (Wildman–Crippen MR) is 88.2 cm³/mol. The second kappa shape index (κ2) is 8.71. The molecule has 0 saturated heterocycles. The Balaban J connectivity index is 0.000000271. The number of benzene rings is 2. The first-order chi connectivity index (χ1) is 12.4. The minimum Gasteiger partial charge on any atom is -0.497 e. The lowest BCUT2D eigenvalue weighted by atomic mass is 10.2. The van der Waals surface area contributed by atoms with E-state index in [4.69, 9.17) is 16.3 Å². The zero-order valence-corrected chi connectivity index (χ0v) is 14.2. The third-order valence-corrected chi connectivity index (χ3v) is 3.13. The van der Waals surface area contributed by atoms with Gasteiger partial charge in [-0.1, -0.05) is 0 Å². The minimum atomic E-state index is -4.40. The summed E-state index contributed by atoms with van der Waals surface area (Å²) in [7, 11) is 2.57. The lowest BCUT2D eigenvalue weighted by Crippen LogP contribution is -2.10. The molecule has 0 amide bonds. The van der Waals surface area contributed by atoms with Crippen molar-refractivity contribution in [2.75, 3.05) is 25.4 Å². The average Bonchev–Trinajstić information content (AvgIpc) is 2.59. The first kappa shape index (κ1) is 22.2. The van der Waals surface area contributed by atoms with Gasteiger partial charge < -0.3 is 20.6 Å². The highest BCUT2D eigenvalue weighted by molar-refractivity contribution is 5.51. The van der Waals surface area contributed by atoms with Crippen LogP contribution in [-0.2, 0) is 12.4 Å². The number of rotatable bonds is 3. The molecule has 2 rings (SSSR count). The van der Waals surface area contributed by atoms with Crippen molar-refractivity contribution in [2.24, 2.45) is 5.84 Å². The molecule has 0 atom stereocenters. The second-order valence-corrected chi connectivity index (χ2v) is 5.08. The van der Waals surface area contributed by atoms with E-state index in [1.54, 1.807) is 0 Å². The molecular weight excluding hydrogens is 380 g/mol. The highest BCUT2D eigenvalue weighted by Crippen LogP contribution is 2.34. The number of hydrogen-bond acceptors (Lipinski definition) is 5. The number of hydrazine groups is 1. The number of methoxy groups -OCH3 is 2. The fourth-order valence-electron chi connectivity index (χ4n) is 1.87. The maximum absolute atomic E-state index is 12.3. The molecule has 2 aromatic carbocycles. The molecular formula is C16H17F6N3O2. The number of nitrogens with one attached hydrogen (secondary N) is 1. The fourth-order valence-corrected chi connectivity index (χ4v) is 1.87. The molecule has 0 aliphatic heterocycles. The van der Waals surface area contributed by atoms with Crippen molar-refractivity contribution < 1.29 is 35.8 Å². The third-order valence-electron chi connectivity index (χ3n) is 3.13. The fraction of sp³-hybridized carbons (Fsp3) is 0.250. The number of alkyl halides is 6. The predicted octanol–water partition coefficient (Wildman–Crippen LogP) is 4.30. The van der Waals surface area contributed by atoms with Crippen LogP contribution in [-0.4, -0.2) is 14.2 Å². The first-order valence-corrected chi connectivity index (χ1v) is 7.15. The van der Waals surface area contributed by atoms with E-state index in [9.17, 15) is 26.3 Å². The molecule has 0 bridgehead atoms. The van der Waals surface area contributed by atoms with Gasteiger partial charge in [0.15, 0.2) is 0 Å². The van der Waals surface area contributed by atoms with Crippen molar-refractivity contribution in [3.63, 3.8) is 0 Å². The van der Waals surface area contributed by atoms with Crippen LogP contribution >= 0.6 is 0 Å². The van der Waals surface area contributed by atoms with Gasteiger partial charge in [-0.15, -0.1) is 0 Å². The van der Waals surface area contributed by atoms with Gasteiger partial charge in [-0.25, -0.2) is 0 Å². The summed E-state index contributed by atoms with van der Waals surface area (Å²) < 4.78 is 82.8. The zero-order chi connectivity index (χ0) is 20.8. The van der Waals surface area contributed by atoms with Gasteiger partial charge in [0.2, 0.25) is 0 Å². The molecule has 0 heterocycles. The molecule has 0 aliphatic carbocycles. The number of nitrogen functional groups attached to an aromatic ring is 2. The van der Waals surface area contributed by atoms with Crippen LogP contribution in [0, 0.1) is 0 Å². The summed E-state index contributed by atoms with van der Waals surface area (Å²) in [4.78, 5) is 0. The number of nitrogens with two attached hydrogens (primary N) is 2. The summed E-state index contributed by atoms with van der Waals surface area (Å²) in [5.41, 5.74) is 5.97. The van der Waals surface area contributed by atoms with Gasteiger partial charge in [-0.3, -0.25) is 5.84 Å². The average molecular weight is 397 g/mol. The summed E-state index contributed by atoms with van der Waals surface area (Å²) in [6.45, 7) is 0. The molecule has 0 aliphatic rings. The summed E-state index contributed by atoms with van der Waals surface area (Å²) >= 11 is 0. The SMILES string of the molecule is COc1cc(N)cc(C(F)(F)F)c1.COc1cc(NN)cc(C(F)(F)F)c1. The normalized spacial score (nSPS) is 11.3. The Kier molecular flexibility index (Phi) is 7.17. The Labute approximate surface area is 150 Å². The topological polar surface area (TPSA) is 82.5 Å². The Morgan fingerprint density at radius 2 is 1.19 bits per heavy atom. The molecule has 0 fully saturated rings. The Morgan fingerprint density at radius 3 is 1.59 bits per heavy atom. The van der Waals surface area contributed by atoms with Crippen molar-refractivity contribution in [1.82, 2.24) is 0 Å².